The van der Waals surface area contributed by atoms with Crippen LogP contribution in [0.1, 0.15) is 21.6 Å². The third-order valence-electron chi connectivity index (χ3n) is 3.99. The van der Waals surface area contributed by atoms with Crippen LogP contribution in [0.5, 0.6) is 0 Å². The molecule has 0 aliphatic heterocycles. The first-order valence-corrected chi connectivity index (χ1v) is 8.78. The van der Waals surface area contributed by atoms with E-state index in [-0.39, 0.29) is 30.6 Å². The van der Waals surface area contributed by atoms with Gasteiger partial charge in [0.15, 0.2) is 11.5 Å². The summed E-state index contributed by atoms with van der Waals surface area (Å²) >= 11 is 0. The lowest BCUT2D eigenvalue weighted by atomic mass is 10.1. The SMILES string of the molecule is Cc1ccc(C(=O)NCCNc2cc(C(F)(F)F)nc(-c3ccncc3)n2)cc1. The average molecular weight is 401 g/mol. The van der Waals surface area contributed by atoms with Crippen molar-refractivity contribution in [1.82, 2.24) is 20.3 Å². The molecule has 0 unspecified atom stereocenters. The first kappa shape index (κ1) is 20.2. The maximum absolute atomic E-state index is 13.2. The number of pyridine rings is 1. The Hall–Kier alpha value is -3.49. The summed E-state index contributed by atoms with van der Waals surface area (Å²) in [5.74, 6) is -0.305. The molecule has 1 amide bonds. The van der Waals surface area contributed by atoms with Gasteiger partial charge in [0.2, 0.25) is 0 Å². The van der Waals surface area contributed by atoms with E-state index in [1.165, 1.54) is 24.5 Å². The summed E-state index contributed by atoms with van der Waals surface area (Å²) < 4.78 is 39.6. The summed E-state index contributed by atoms with van der Waals surface area (Å²) in [5, 5.41) is 5.51. The summed E-state index contributed by atoms with van der Waals surface area (Å²) in [6, 6.07) is 11.0. The molecule has 3 aromatic rings. The molecule has 29 heavy (non-hydrogen) atoms. The molecule has 1 aromatic carbocycles. The van der Waals surface area contributed by atoms with Crippen LogP contribution in [-0.2, 0) is 6.18 Å². The number of benzene rings is 1. The van der Waals surface area contributed by atoms with Crippen LogP contribution in [0.4, 0.5) is 19.0 Å². The molecule has 6 nitrogen and oxygen atoms in total. The van der Waals surface area contributed by atoms with E-state index in [1.54, 1.807) is 12.1 Å². The van der Waals surface area contributed by atoms with Crippen LogP contribution in [0.3, 0.4) is 0 Å². The van der Waals surface area contributed by atoms with Gasteiger partial charge in [-0.2, -0.15) is 13.2 Å². The zero-order valence-corrected chi connectivity index (χ0v) is 15.5. The minimum absolute atomic E-state index is 0.0173. The van der Waals surface area contributed by atoms with Crippen molar-refractivity contribution in [2.75, 3.05) is 18.4 Å². The molecule has 2 N–H and O–H groups in total. The molecule has 0 spiro atoms. The van der Waals surface area contributed by atoms with Gasteiger partial charge in [-0.15, -0.1) is 0 Å². The Balaban J connectivity index is 1.67. The highest BCUT2D eigenvalue weighted by Crippen LogP contribution is 2.30. The Kier molecular flexibility index (Phi) is 6.06. The fourth-order valence-corrected chi connectivity index (χ4v) is 2.49. The van der Waals surface area contributed by atoms with Crippen molar-refractivity contribution in [3.05, 3.63) is 71.7 Å². The predicted octanol–water partition coefficient (Wildman–Crippen LogP) is 3.71. The van der Waals surface area contributed by atoms with Crippen molar-refractivity contribution in [2.45, 2.75) is 13.1 Å². The van der Waals surface area contributed by atoms with Crippen LogP contribution in [0.25, 0.3) is 11.4 Å². The molecular formula is C20H18F3N5O. The predicted molar refractivity (Wildman–Crippen MR) is 102 cm³/mol. The standard InChI is InChI=1S/C20H18F3N5O/c1-13-2-4-15(5-3-13)19(29)26-11-10-25-17-12-16(20(21,22)23)27-18(28-17)14-6-8-24-9-7-14/h2-9,12H,10-11H2,1H3,(H,26,29)(H,25,27,28). The highest BCUT2D eigenvalue weighted by molar-refractivity contribution is 5.94. The Morgan fingerprint density at radius 2 is 1.69 bits per heavy atom. The number of nitrogens with zero attached hydrogens (tertiary/aromatic N) is 3. The Morgan fingerprint density at radius 3 is 2.34 bits per heavy atom. The highest BCUT2D eigenvalue weighted by Gasteiger charge is 2.33. The van der Waals surface area contributed by atoms with Gasteiger partial charge in [0.1, 0.15) is 5.82 Å². The van der Waals surface area contributed by atoms with Crippen LogP contribution in [0.2, 0.25) is 0 Å². The lowest BCUT2D eigenvalue weighted by molar-refractivity contribution is -0.141. The van der Waals surface area contributed by atoms with Crippen LogP contribution < -0.4 is 10.6 Å². The van der Waals surface area contributed by atoms with Crippen molar-refractivity contribution in [3.63, 3.8) is 0 Å². The molecular weight excluding hydrogens is 383 g/mol. The van der Waals surface area contributed by atoms with Gasteiger partial charge in [-0.1, -0.05) is 17.7 Å². The maximum atomic E-state index is 13.2. The van der Waals surface area contributed by atoms with Crippen molar-refractivity contribution < 1.29 is 18.0 Å². The molecule has 0 fully saturated rings. The summed E-state index contributed by atoms with van der Waals surface area (Å²) in [6.07, 6.45) is -1.71. The molecule has 0 radical (unpaired) electrons. The lowest BCUT2D eigenvalue weighted by Gasteiger charge is -2.12. The summed E-state index contributed by atoms with van der Waals surface area (Å²) in [6.45, 7) is 2.33. The number of halogens is 3. The topological polar surface area (TPSA) is 79.8 Å². The van der Waals surface area contributed by atoms with E-state index in [1.807, 2.05) is 19.1 Å². The van der Waals surface area contributed by atoms with Crippen LogP contribution >= 0.6 is 0 Å². The number of hydrogen-bond acceptors (Lipinski definition) is 5. The number of carbonyl (C=O) groups is 1. The molecule has 9 heteroatoms. The van der Waals surface area contributed by atoms with E-state index in [0.29, 0.717) is 11.1 Å². The summed E-state index contributed by atoms with van der Waals surface area (Å²) in [7, 11) is 0. The summed E-state index contributed by atoms with van der Waals surface area (Å²) in [5.41, 5.74) is 0.918. The number of rotatable bonds is 6. The van der Waals surface area contributed by atoms with Gasteiger partial charge < -0.3 is 10.6 Å². The van der Waals surface area contributed by atoms with Gasteiger partial charge in [0.05, 0.1) is 0 Å². The minimum atomic E-state index is -4.61. The van der Waals surface area contributed by atoms with Crippen molar-refractivity contribution in [1.29, 1.82) is 0 Å². The fourth-order valence-electron chi connectivity index (χ4n) is 2.49. The Morgan fingerprint density at radius 1 is 1.00 bits per heavy atom. The van der Waals surface area contributed by atoms with Crippen molar-refractivity contribution in [2.24, 2.45) is 0 Å². The molecule has 0 bridgehead atoms. The zero-order valence-electron chi connectivity index (χ0n) is 15.5. The van der Waals surface area contributed by atoms with E-state index in [4.69, 9.17) is 0 Å². The highest BCUT2D eigenvalue weighted by atomic mass is 19.4. The van der Waals surface area contributed by atoms with Crippen LogP contribution in [-0.4, -0.2) is 33.9 Å². The number of carbonyl (C=O) groups excluding carboxylic acids is 1. The van der Waals surface area contributed by atoms with Gasteiger partial charge >= 0.3 is 6.18 Å². The fraction of sp³-hybridized carbons (Fsp3) is 0.200. The van der Waals surface area contributed by atoms with Gasteiger partial charge in [-0.05, 0) is 31.2 Å². The number of amides is 1. The number of anilines is 1. The van der Waals surface area contributed by atoms with E-state index in [9.17, 15) is 18.0 Å². The van der Waals surface area contributed by atoms with Crippen molar-refractivity contribution >= 4 is 11.7 Å². The number of alkyl halides is 3. The molecule has 0 aliphatic rings. The van der Waals surface area contributed by atoms with Crippen LogP contribution in [0, 0.1) is 6.92 Å². The largest absolute Gasteiger partial charge is 0.433 e. The number of aromatic nitrogens is 3. The minimum Gasteiger partial charge on any atom is -0.368 e. The second-order valence-electron chi connectivity index (χ2n) is 6.24. The molecule has 0 aliphatic carbocycles. The lowest BCUT2D eigenvalue weighted by Crippen LogP contribution is -2.29. The van der Waals surface area contributed by atoms with E-state index < -0.39 is 11.9 Å². The second-order valence-corrected chi connectivity index (χ2v) is 6.24. The molecule has 150 valence electrons. The molecule has 2 aromatic heterocycles. The third-order valence-corrected chi connectivity index (χ3v) is 3.99. The first-order valence-electron chi connectivity index (χ1n) is 8.78. The maximum Gasteiger partial charge on any atom is 0.433 e. The van der Waals surface area contributed by atoms with E-state index >= 15 is 0 Å². The zero-order chi connectivity index (χ0) is 20.9. The molecule has 0 saturated heterocycles. The monoisotopic (exact) mass is 401 g/mol. The molecule has 3 rings (SSSR count). The van der Waals surface area contributed by atoms with E-state index in [0.717, 1.165) is 11.6 Å². The molecule has 2 heterocycles. The van der Waals surface area contributed by atoms with Gasteiger partial charge in [0.25, 0.3) is 5.91 Å². The number of aryl methyl sites for hydroxylation is 1. The Labute approximate surface area is 165 Å². The third kappa shape index (κ3) is 5.50. The number of hydrogen-bond donors (Lipinski definition) is 2. The van der Waals surface area contributed by atoms with Crippen molar-refractivity contribution in [3.8, 4) is 11.4 Å². The molecule has 0 saturated carbocycles. The smallest absolute Gasteiger partial charge is 0.368 e. The van der Waals surface area contributed by atoms with Crippen LogP contribution in [0.15, 0.2) is 54.9 Å². The summed E-state index contributed by atoms with van der Waals surface area (Å²) in [4.78, 5) is 23.7. The number of nitrogens with one attached hydrogen (secondary N) is 2. The Bertz CT molecular complexity index is 976. The molecule has 0 atom stereocenters. The average Bonchev–Trinajstić information content (AvgIpc) is 2.71. The van der Waals surface area contributed by atoms with E-state index in [2.05, 4.69) is 25.6 Å². The normalized spacial score (nSPS) is 11.2. The quantitative estimate of drug-likeness (QED) is 0.616. The second kappa shape index (κ2) is 8.68. The first-order chi connectivity index (χ1) is 13.8. The van der Waals surface area contributed by atoms with Gasteiger partial charge in [-0.25, -0.2) is 9.97 Å². The van der Waals surface area contributed by atoms with Gasteiger partial charge in [0, 0.05) is 42.7 Å². The van der Waals surface area contributed by atoms with Gasteiger partial charge in [-0.3, -0.25) is 9.78 Å².